The highest BCUT2D eigenvalue weighted by Crippen LogP contribution is 2.45. The van der Waals surface area contributed by atoms with Crippen LogP contribution in [0, 0.1) is 13.8 Å². The number of halogens is 1. The SMILES string of the molecule is COc1ccc(N2C(=S)N[C@@H](c3ccccn3)[C@H]2c2cc(C)n(-c3ccccc3Br)c2C)cc1NS(C)(=O)=O. The first kappa shape index (κ1) is 27.2. The van der Waals surface area contributed by atoms with Gasteiger partial charge in [-0.25, -0.2) is 8.42 Å². The molecule has 0 unspecified atom stereocenters. The number of ether oxygens (including phenoxy) is 1. The van der Waals surface area contributed by atoms with Gasteiger partial charge in [-0.1, -0.05) is 18.2 Å². The number of hydrogen-bond acceptors (Lipinski definition) is 5. The predicted octanol–water partition coefficient (Wildman–Crippen LogP) is 5.81. The van der Waals surface area contributed by atoms with Crippen molar-refractivity contribution >= 4 is 54.7 Å². The molecule has 4 aromatic rings. The zero-order valence-electron chi connectivity index (χ0n) is 21.8. The first-order valence-electron chi connectivity index (χ1n) is 12.2. The Labute approximate surface area is 242 Å². The van der Waals surface area contributed by atoms with E-state index < -0.39 is 10.0 Å². The maximum Gasteiger partial charge on any atom is 0.229 e. The minimum Gasteiger partial charge on any atom is -0.495 e. The molecule has 1 aliphatic heterocycles. The van der Waals surface area contributed by atoms with Gasteiger partial charge in [-0.2, -0.15) is 0 Å². The Balaban J connectivity index is 1.69. The molecule has 0 radical (unpaired) electrons. The van der Waals surface area contributed by atoms with Crippen molar-refractivity contribution in [3.63, 3.8) is 0 Å². The second-order valence-corrected chi connectivity index (χ2v) is 12.4. The Bertz CT molecular complexity index is 1660. The summed E-state index contributed by atoms with van der Waals surface area (Å²) >= 11 is 9.59. The first-order chi connectivity index (χ1) is 18.6. The van der Waals surface area contributed by atoms with Crippen LogP contribution in [0.15, 0.2) is 77.4 Å². The number of sulfonamides is 1. The summed E-state index contributed by atoms with van der Waals surface area (Å²) in [5.41, 5.74) is 6.14. The second-order valence-electron chi connectivity index (χ2n) is 9.37. The highest BCUT2D eigenvalue weighted by Gasteiger charge is 2.42. The molecule has 8 nitrogen and oxygen atoms in total. The van der Waals surface area contributed by atoms with Crippen LogP contribution < -0.4 is 19.7 Å². The van der Waals surface area contributed by atoms with Gasteiger partial charge in [0.05, 0.1) is 42.5 Å². The molecule has 2 atom stereocenters. The van der Waals surface area contributed by atoms with Crippen molar-refractivity contribution in [1.82, 2.24) is 14.9 Å². The molecule has 3 heterocycles. The Morgan fingerprint density at radius 1 is 1.08 bits per heavy atom. The maximum absolute atomic E-state index is 12.1. The monoisotopic (exact) mass is 625 g/mol. The Morgan fingerprint density at radius 2 is 1.82 bits per heavy atom. The van der Waals surface area contributed by atoms with Crippen molar-refractivity contribution in [1.29, 1.82) is 0 Å². The zero-order valence-corrected chi connectivity index (χ0v) is 25.1. The molecule has 202 valence electrons. The number of rotatable bonds is 7. The zero-order chi connectivity index (χ0) is 27.9. The number of aryl methyl sites for hydroxylation is 1. The van der Waals surface area contributed by atoms with Crippen molar-refractivity contribution in [2.75, 3.05) is 23.0 Å². The van der Waals surface area contributed by atoms with E-state index >= 15 is 0 Å². The van der Waals surface area contributed by atoms with E-state index in [1.165, 1.54) is 7.11 Å². The Kier molecular flexibility index (Phi) is 7.41. The summed E-state index contributed by atoms with van der Waals surface area (Å²) in [4.78, 5) is 6.67. The van der Waals surface area contributed by atoms with Crippen molar-refractivity contribution < 1.29 is 13.2 Å². The number of aromatic nitrogens is 2. The van der Waals surface area contributed by atoms with Crippen LogP contribution in [0.5, 0.6) is 5.75 Å². The van der Waals surface area contributed by atoms with Crippen LogP contribution in [-0.4, -0.2) is 36.4 Å². The lowest BCUT2D eigenvalue weighted by Crippen LogP contribution is -2.29. The van der Waals surface area contributed by atoms with Gasteiger partial charge in [-0.05, 0) is 96.1 Å². The average Bonchev–Trinajstić information content (AvgIpc) is 3.39. The minimum atomic E-state index is -3.54. The number of pyridine rings is 1. The normalized spacial score (nSPS) is 17.3. The maximum atomic E-state index is 12.1. The van der Waals surface area contributed by atoms with Crippen LogP contribution in [0.4, 0.5) is 11.4 Å². The van der Waals surface area contributed by atoms with Gasteiger partial charge in [0.25, 0.3) is 0 Å². The fourth-order valence-electron chi connectivity index (χ4n) is 5.17. The van der Waals surface area contributed by atoms with Gasteiger partial charge in [0.1, 0.15) is 5.75 Å². The average molecular weight is 627 g/mol. The number of methoxy groups -OCH3 is 1. The van der Waals surface area contributed by atoms with Crippen molar-refractivity contribution in [2.24, 2.45) is 0 Å². The highest BCUT2D eigenvalue weighted by atomic mass is 79.9. The number of thiocarbonyl (C=S) groups is 1. The van der Waals surface area contributed by atoms with E-state index in [-0.39, 0.29) is 12.1 Å². The molecule has 0 aliphatic carbocycles. The fourth-order valence-corrected chi connectivity index (χ4v) is 6.53. The summed E-state index contributed by atoms with van der Waals surface area (Å²) in [6.45, 7) is 4.18. The van der Waals surface area contributed by atoms with E-state index in [0.29, 0.717) is 22.2 Å². The number of benzene rings is 2. The molecule has 0 saturated carbocycles. The minimum absolute atomic E-state index is 0.250. The molecule has 0 amide bonds. The second kappa shape index (κ2) is 10.6. The van der Waals surface area contributed by atoms with Gasteiger partial charge in [-0.15, -0.1) is 0 Å². The highest BCUT2D eigenvalue weighted by molar-refractivity contribution is 9.10. The number of anilines is 2. The molecule has 2 aromatic carbocycles. The van der Waals surface area contributed by atoms with E-state index in [2.05, 4.69) is 61.5 Å². The van der Waals surface area contributed by atoms with Crippen LogP contribution in [-0.2, 0) is 10.0 Å². The number of para-hydroxylation sites is 1. The van der Waals surface area contributed by atoms with Gasteiger partial charge in [-0.3, -0.25) is 9.71 Å². The lowest BCUT2D eigenvalue weighted by Gasteiger charge is -2.29. The molecule has 11 heteroatoms. The van der Waals surface area contributed by atoms with Crippen molar-refractivity contribution in [3.8, 4) is 11.4 Å². The lowest BCUT2D eigenvalue weighted by molar-refractivity contribution is 0.417. The Morgan fingerprint density at radius 3 is 2.49 bits per heavy atom. The lowest BCUT2D eigenvalue weighted by atomic mass is 9.96. The number of hydrogen-bond donors (Lipinski definition) is 2. The third-order valence-electron chi connectivity index (χ3n) is 6.74. The van der Waals surface area contributed by atoms with Crippen molar-refractivity contribution in [2.45, 2.75) is 25.9 Å². The summed E-state index contributed by atoms with van der Waals surface area (Å²) in [7, 11) is -2.04. The van der Waals surface area contributed by atoms with E-state index in [1.807, 2.05) is 47.4 Å². The summed E-state index contributed by atoms with van der Waals surface area (Å²) in [6.07, 6.45) is 2.88. The molecule has 2 N–H and O–H groups in total. The van der Waals surface area contributed by atoms with Crippen LogP contribution in [0.3, 0.4) is 0 Å². The first-order valence-corrected chi connectivity index (χ1v) is 15.3. The molecule has 1 aliphatic rings. The third kappa shape index (κ3) is 5.26. The van der Waals surface area contributed by atoms with E-state index in [0.717, 1.165) is 39.1 Å². The molecular weight excluding hydrogens is 598 g/mol. The van der Waals surface area contributed by atoms with E-state index in [1.54, 1.807) is 18.3 Å². The number of nitrogens with one attached hydrogen (secondary N) is 2. The molecule has 1 fully saturated rings. The predicted molar refractivity (Wildman–Crippen MR) is 162 cm³/mol. The van der Waals surface area contributed by atoms with Crippen LogP contribution in [0.25, 0.3) is 5.69 Å². The standard InChI is InChI=1S/C28H28BrN5O3S2/c1-17-15-20(18(2)33(17)24-11-6-5-9-21(24)29)27-26(22-10-7-8-14-30-22)31-28(38)34(27)19-12-13-25(37-3)23(16-19)32-39(4,35)36/h5-16,26-27,32H,1-4H3,(H,31,38)/t26-,27+/m0/s1. The van der Waals surface area contributed by atoms with Crippen LogP contribution in [0.1, 0.15) is 34.7 Å². The topological polar surface area (TPSA) is 88.5 Å². The molecule has 0 bridgehead atoms. The smallest absolute Gasteiger partial charge is 0.229 e. The summed E-state index contributed by atoms with van der Waals surface area (Å²) in [5, 5.41) is 3.99. The van der Waals surface area contributed by atoms with Crippen LogP contribution in [0.2, 0.25) is 0 Å². The van der Waals surface area contributed by atoms with Crippen molar-refractivity contribution in [3.05, 3.63) is 100 Å². The third-order valence-corrected chi connectivity index (χ3v) is 8.31. The summed E-state index contributed by atoms with van der Waals surface area (Å²) < 4.78 is 35.4. The van der Waals surface area contributed by atoms with E-state index in [4.69, 9.17) is 17.0 Å². The van der Waals surface area contributed by atoms with Gasteiger partial charge < -0.3 is 19.5 Å². The largest absolute Gasteiger partial charge is 0.495 e. The molecule has 1 saturated heterocycles. The van der Waals surface area contributed by atoms with Gasteiger partial charge >= 0.3 is 0 Å². The van der Waals surface area contributed by atoms with Gasteiger partial charge in [0.2, 0.25) is 10.0 Å². The fraction of sp³-hybridized carbons (Fsp3) is 0.214. The van der Waals surface area contributed by atoms with Gasteiger partial charge in [0.15, 0.2) is 5.11 Å². The van der Waals surface area contributed by atoms with Crippen LogP contribution >= 0.6 is 28.1 Å². The molecular formula is C28H28BrN5O3S2. The molecule has 5 rings (SSSR count). The van der Waals surface area contributed by atoms with Gasteiger partial charge in [0, 0.05) is 27.7 Å². The summed E-state index contributed by atoms with van der Waals surface area (Å²) in [5.74, 6) is 0.409. The quantitative estimate of drug-likeness (QED) is 0.251. The molecule has 39 heavy (non-hydrogen) atoms. The number of nitrogens with zero attached hydrogens (tertiary/aromatic N) is 3. The summed E-state index contributed by atoms with van der Waals surface area (Å²) in [6, 6.07) is 20.9. The molecule has 2 aromatic heterocycles. The Hall–Kier alpha value is -3.41. The van der Waals surface area contributed by atoms with E-state index in [9.17, 15) is 8.42 Å². The molecule has 0 spiro atoms.